The molecule has 12 nitrogen and oxygen atoms in total. The van der Waals surface area contributed by atoms with Gasteiger partial charge >= 0.3 is 0 Å². The van der Waals surface area contributed by atoms with Crippen LogP contribution < -0.4 is 0 Å². The average molecular weight is 551 g/mol. The van der Waals surface area contributed by atoms with Gasteiger partial charge in [0.15, 0.2) is 18.4 Å². The summed E-state index contributed by atoms with van der Waals surface area (Å²) in [4.78, 5) is 19.0. The largest absolute Gasteiger partial charge is 0.372 e. The van der Waals surface area contributed by atoms with E-state index in [4.69, 9.17) is 29.2 Å². The second-order valence-corrected chi connectivity index (χ2v) is 11.7. The van der Waals surface area contributed by atoms with Crippen LogP contribution in [-0.2, 0) is 28.5 Å². The van der Waals surface area contributed by atoms with E-state index < -0.39 is 30.8 Å². The van der Waals surface area contributed by atoms with Crippen molar-refractivity contribution < 1.29 is 28.5 Å². The van der Waals surface area contributed by atoms with E-state index >= 15 is 0 Å². The van der Waals surface area contributed by atoms with Gasteiger partial charge in [-0.15, -0.1) is 0 Å². The second kappa shape index (κ2) is 13.6. The summed E-state index contributed by atoms with van der Waals surface area (Å²) in [7, 11) is 0. The summed E-state index contributed by atoms with van der Waals surface area (Å²) in [6.45, 7) is 17.6. The minimum Gasteiger partial charge on any atom is -0.372 e. The number of hydrogen-bond acceptors (Lipinski definition) is 8. The lowest BCUT2D eigenvalue weighted by molar-refractivity contribution is -0.327. The molecule has 0 spiro atoms. The highest BCUT2D eigenvalue weighted by Gasteiger charge is 2.51. The molecule has 0 aliphatic carbocycles. The van der Waals surface area contributed by atoms with Crippen LogP contribution in [0.1, 0.15) is 75.2 Å². The Morgan fingerprint density at radius 1 is 0.718 bits per heavy atom. The first-order valence-electron chi connectivity index (χ1n) is 14.4. The van der Waals surface area contributed by atoms with E-state index in [-0.39, 0.29) is 65.8 Å². The molecule has 0 N–H and O–H groups in total. The van der Waals surface area contributed by atoms with Crippen LogP contribution >= 0.6 is 0 Å². The summed E-state index contributed by atoms with van der Waals surface area (Å²) < 4.78 is 31.9. The highest BCUT2D eigenvalue weighted by molar-refractivity contribution is 5.81. The van der Waals surface area contributed by atoms with Crippen LogP contribution in [-0.4, -0.2) is 67.1 Å². The van der Waals surface area contributed by atoms with Crippen LogP contribution in [0.2, 0.25) is 0 Å². The molecule has 0 aromatic heterocycles. The van der Waals surface area contributed by atoms with Crippen LogP contribution in [0.25, 0.3) is 20.9 Å². The normalized spacial score (nSPS) is 46.5. The first-order chi connectivity index (χ1) is 18.5. The van der Waals surface area contributed by atoms with Crippen molar-refractivity contribution >= 4 is 5.78 Å². The van der Waals surface area contributed by atoms with E-state index in [9.17, 15) is 10.3 Å². The lowest BCUT2D eigenvalue weighted by atomic mass is 9.80. The highest BCUT2D eigenvalue weighted by atomic mass is 16.7. The Labute approximate surface area is 231 Å². The Kier molecular flexibility index (Phi) is 11.1. The number of carbonyl (C=O) groups is 1. The Hall–Kier alpha value is -1.91. The number of nitrogens with zero attached hydrogens (tertiary/aromatic N) is 6. The van der Waals surface area contributed by atoms with Crippen LogP contribution in [0.15, 0.2) is 10.2 Å². The monoisotopic (exact) mass is 550 g/mol. The molecule has 0 amide bonds. The zero-order valence-electron chi connectivity index (χ0n) is 24.7. The van der Waals surface area contributed by atoms with Crippen molar-refractivity contribution in [3.05, 3.63) is 20.9 Å². The van der Waals surface area contributed by atoms with Gasteiger partial charge in [-0.25, -0.2) is 0 Å². The van der Waals surface area contributed by atoms with Crippen LogP contribution in [0.3, 0.4) is 0 Å². The molecule has 7 unspecified atom stereocenters. The van der Waals surface area contributed by atoms with Crippen molar-refractivity contribution in [2.75, 3.05) is 0 Å². The Morgan fingerprint density at radius 3 is 1.87 bits per heavy atom. The number of carbonyl (C=O) groups excluding carboxylic acids is 1. The Bertz CT molecular complexity index is 942. The van der Waals surface area contributed by atoms with Crippen LogP contribution in [0.4, 0.5) is 0 Å². The molecule has 3 aliphatic heterocycles. The molecule has 3 aliphatic rings. The molecule has 3 saturated heterocycles. The molecule has 39 heavy (non-hydrogen) atoms. The molecule has 220 valence electrons. The molecule has 0 aromatic rings. The Balaban J connectivity index is 1.84. The van der Waals surface area contributed by atoms with E-state index in [2.05, 4.69) is 33.9 Å². The van der Waals surface area contributed by atoms with Gasteiger partial charge in [0.1, 0.15) is 6.10 Å². The number of rotatable bonds is 9. The van der Waals surface area contributed by atoms with Gasteiger partial charge in [0, 0.05) is 15.7 Å². The SMILES string of the molecule is CCC1O[C@@H](O[C@@H]2C(C(C)=O)O[C@@H](O[C@@H]3C(CC)OC(C)C(N=[N+]=[N-])[C@H]3C)C(C)[C@H]2C)C(N=[N+]=[N-])[C@@H](C)[C@@H]1C. The van der Waals surface area contributed by atoms with E-state index in [0.29, 0.717) is 0 Å². The third-order valence-corrected chi connectivity index (χ3v) is 9.35. The van der Waals surface area contributed by atoms with Gasteiger partial charge in [0.25, 0.3) is 0 Å². The van der Waals surface area contributed by atoms with Crippen molar-refractivity contribution in [1.82, 2.24) is 0 Å². The quantitative estimate of drug-likeness (QED) is 0.196. The summed E-state index contributed by atoms with van der Waals surface area (Å²) in [5, 5.41) is 7.99. The van der Waals surface area contributed by atoms with Crippen molar-refractivity contribution in [3.8, 4) is 0 Å². The number of ketones is 1. The summed E-state index contributed by atoms with van der Waals surface area (Å²) in [6, 6.07) is -0.905. The standard InChI is InChI=1S/C27H46N6O6/c1-10-19-12(3)13(4)22(31-33-29)27(36-19)38-24-14(5)15(6)26(39-25(24)17(8)34)37-23-16(7)21(30-32-28)18(9)35-20(23)11-2/h12-16,18-27H,10-11H2,1-9H3/t12-,13-,14+,15?,16+,18?,19?,20?,21?,22?,23-,24-,25?,26+,27-/m0/s1. The van der Waals surface area contributed by atoms with E-state index in [1.54, 1.807) is 0 Å². The number of azide groups is 2. The van der Waals surface area contributed by atoms with Crippen molar-refractivity contribution in [3.63, 3.8) is 0 Å². The average Bonchev–Trinajstić information content (AvgIpc) is 2.90. The molecule has 15 atom stereocenters. The number of Topliss-reactive ketones (excluding diaryl/α,β-unsaturated/α-hetero) is 1. The van der Waals surface area contributed by atoms with Crippen molar-refractivity contribution in [2.24, 2.45) is 39.8 Å². The van der Waals surface area contributed by atoms with Crippen molar-refractivity contribution in [2.45, 2.75) is 136 Å². The Morgan fingerprint density at radius 2 is 1.31 bits per heavy atom. The molecular formula is C27H46N6O6. The van der Waals surface area contributed by atoms with Gasteiger partial charge in [-0.2, -0.15) is 0 Å². The fraction of sp³-hybridized carbons (Fsp3) is 0.963. The van der Waals surface area contributed by atoms with E-state index in [0.717, 1.165) is 12.8 Å². The summed E-state index contributed by atoms with van der Waals surface area (Å²) in [5.41, 5.74) is 18.3. The van der Waals surface area contributed by atoms with E-state index in [1.165, 1.54) is 6.92 Å². The molecule has 3 rings (SSSR count). The van der Waals surface area contributed by atoms with E-state index in [1.807, 2.05) is 41.5 Å². The molecule has 0 saturated carbocycles. The van der Waals surface area contributed by atoms with Gasteiger partial charge < -0.3 is 23.7 Å². The third kappa shape index (κ3) is 6.54. The lowest BCUT2D eigenvalue weighted by Crippen LogP contribution is -2.60. The second-order valence-electron chi connectivity index (χ2n) is 11.7. The maximum absolute atomic E-state index is 12.9. The van der Waals surface area contributed by atoms with Crippen molar-refractivity contribution in [1.29, 1.82) is 0 Å². The summed E-state index contributed by atoms with van der Waals surface area (Å²) in [6.07, 6.45) is -2.34. The minimum absolute atomic E-state index is 0.0406. The molecule has 3 heterocycles. The predicted octanol–water partition coefficient (Wildman–Crippen LogP) is 5.94. The van der Waals surface area contributed by atoms with Gasteiger partial charge in [0.05, 0.1) is 42.6 Å². The number of ether oxygens (including phenoxy) is 5. The maximum Gasteiger partial charge on any atom is 0.167 e. The topological polar surface area (TPSA) is 161 Å². The van der Waals surface area contributed by atoms with Gasteiger partial charge in [0.2, 0.25) is 0 Å². The minimum atomic E-state index is -0.891. The molecule has 3 fully saturated rings. The lowest BCUT2D eigenvalue weighted by Gasteiger charge is -2.50. The number of hydrogen-bond donors (Lipinski definition) is 0. The molecule has 0 radical (unpaired) electrons. The zero-order valence-corrected chi connectivity index (χ0v) is 24.7. The third-order valence-electron chi connectivity index (χ3n) is 9.35. The maximum atomic E-state index is 12.9. The van der Waals surface area contributed by atoms with Gasteiger partial charge in [-0.1, -0.05) is 58.7 Å². The summed E-state index contributed by atoms with van der Waals surface area (Å²) >= 11 is 0. The zero-order chi connectivity index (χ0) is 29.0. The molecule has 0 bridgehead atoms. The summed E-state index contributed by atoms with van der Waals surface area (Å²) in [5.74, 6) is -0.354. The fourth-order valence-electron chi connectivity index (χ4n) is 6.42. The molecule has 12 heteroatoms. The smallest absolute Gasteiger partial charge is 0.167 e. The fourth-order valence-corrected chi connectivity index (χ4v) is 6.42. The van der Waals surface area contributed by atoms with Gasteiger partial charge in [-0.05, 0) is 61.4 Å². The van der Waals surface area contributed by atoms with Gasteiger partial charge in [-0.3, -0.25) is 4.79 Å². The predicted molar refractivity (Wildman–Crippen MR) is 144 cm³/mol. The van der Waals surface area contributed by atoms with Crippen LogP contribution in [0.5, 0.6) is 0 Å². The first kappa shape index (κ1) is 31.6. The van der Waals surface area contributed by atoms with Crippen LogP contribution in [0, 0.1) is 29.6 Å². The highest BCUT2D eigenvalue weighted by Crippen LogP contribution is 2.41. The molecular weight excluding hydrogens is 504 g/mol. The first-order valence-corrected chi connectivity index (χ1v) is 14.4. The molecule has 0 aromatic carbocycles.